The minimum Gasteiger partial charge on any atom is -0.322 e. The number of hydrogen-bond acceptors (Lipinski definition) is 2. The maximum atomic E-state index is 12.0. The van der Waals surface area contributed by atoms with Gasteiger partial charge in [-0.05, 0) is 36.8 Å². The van der Waals surface area contributed by atoms with Crippen molar-refractivity contribution < 1.29 is 9.59 Å². The van der Waals surface area contributed by atoms with E-state index in [0.717, 1.165) is 11.8 Å². The van der Waals surface area contributed by atoms with Gasteiger partial charge in [0, 0.05) is 21.8 Å². The Kier molecular flexibility index (Phi) is 3.97. The summed E-state index contributed by atoms with van der Waals surface area (Å²) in [7, 11) is 0. The number of carbonyl (C=O) groups excluding carboxylic acids is 2. The number of nitrogens with one attached hydrogen (secondary N) is 1. The number of aryl methyl sites for hydroxylation is 1. The molecule has 96 valence electrons. The van der Waals surface area contributed by atoms with Crippen LogP contribution in [-0.4, -0.2) is 12.2 Å². The van der Waals surface area contributed by atoms with Crippen molar-refractivity contribution in [3.05, 3.63) is 64.2 Å². The lowest BCUT2D eigenvalue weighted by Crippen LogP contribution is -2.12. The van der Waals surface area contributed by atoms with Gasteiger partial charge in [-0.25, -0.2) is 0 Å². The molecule has 0 aliphatic carbocycles. The second-order valence-electron chi connectivity index (χ2n) is 4.16. The Bertz CT molecular complexity index is 638. The van der Waals surface area contributed by atoms with Crippen LogP contribution < -0.4 is 5.32 Å². The van der Waals surface area contributed by atoms with Crippen LogP contribution in [0.5, 0.6) is 0 Å². The second kappa shape index (κ2) is 5.67. The van der Waals surface area contributed by atoms with Gasteiger partial charge in [0.05, 0.1) is 0 Å². The van der Waals surface area contributed by atoms with E-state index in [1.165, 1.54) is 0 Å². The lowest BCUT2D eigenvalue weighted by molar-refractivity contribution is 0.102. The van der Waals surface area contributed by atoms with Crippen LogP contribution in [-0.2, 0) is 0 Å². The summed E-state index contributed by atoms with van der Waals surface area (Å²) in [5, 5.41) is 3.27. The average Bonchev–Trinajstić information content (AvgIpc) is 2.42. The molecule has 0 spiro atoms. The van der Waals surface area contributed by atoms with Gasteiger partial charge < -0.3 is 5.32 Å². The lowest BCUT2D eigenvalue weighted by atomic mass is 10.1. The number of anilines is 1. The molecule has 0 fully saturated rings. The molecule has 0 saturated carbocycles. The SMILES string of the molecule is Cc1ccc(C(=O)Nc2cccc(C=O)c2)cc1Cl. The van der Waals surface area contributed by atoms with Crippen LogP contribution in [0.4, 0.5) is 5.69 Å². The Hall–Kier alpha value is -2.13. The van der Waals surface area contributed by atoms with Crippen LogP contribution in [0.3, 0.4) is 0 Å². The van der Waals surface area contributed by atoms with Crippen molar-refractivity contribution in [3.63, 3.8) is 0 Å². The van der Waals surface area contributed by atoms with Crippen LogP contribution in [0.25, 0.3) is 0 Å². The van der Waals surface area contributed by atoms with E-state index in [1.54, 1.807) is 42.5 Å². The molecule has 0 aliphatic heterocycles. The fourth-order valence-electron chi connectivity index (χ4n) is 1.63. The highest BCUT2D eigenvalue weighted by atomic mass is 35.5. The number of carbonyl (C=O) groups is 2. The summed E-state index contributed by atoms with van der Waals surface area (Å²) in [6.45, 7) is 1.87. The summed E-state index contributed by atoms with van der Waals surface area (Å²) in [6, 6.07) is 11.8. The highest BCUT2D eigenvalue weighted by molar-refractivity contribution is 6.31. The average molecular weight is 274 g/mol. The van der Waals surface area contributed by atoms with Crippen molar-refractivity contribution in [2.75, 3.05) is 5.32 Å². The summed E-state index contributed by atoms with van der Waals surface area (Å²) in [5.41, 5.74) is 2.49. The number of halogens is 1. The third kappa shape index (κ3) is 3.20. The van der Waals surface area contributed by atoms with Crippen molar-refractivity contribution in [2.45, 2.75) is 6.92 Å². The molecule has 0 unspecified atom stereocenters. The molecule has 2 rings (SSSR count). The molecule has 0 atom stereocenters. The first kappa shape index (κ1) is 13.3. The monoisotopic (exact) mass is 273 g/mol. The minimum atomic E-state index is -0.259. The number of hydrogen-bond donors (Lipinski definition) is 1. The summed E-state index contributed by atoms with van der Waals surface area (Å²) >= 11 is 5.98. The zero-order valence-electron chi connectivity index (χ0n) is 10.3. The highest BCUT2D eigenvalue weighted by Gasteiger charge is 2.08. The second-order valence-corrected chi connectivity index (χ2v) is 4.57. The first-order valence-electron chi connectivity index (χ1n) is 5.73. The van der Waals surface area contributed by atoms with E-state index in [2.05, 4.69) is 5.32 Å². The zero-order valence-corrected chi connectivity index (χ0v) is 11.1. The zero-order chi connectivity index (χ0) is 13.8. The quantitative estimate of drug-likeness (QED) is 0.867. The van der Waals surface area contributed by atoms with Gasteiger partial charge in [-0.15, -0.1) is 0 Å². The molecule has 0 saturated heterocycles. The van der Waals surface area contributed by atoms with E-state index in [1.807, 2.05) is 6.92 Å². The van der Waals surface area contributed by atoms with Crippen LogP contribution in [0.15, 0.2) is 42.5 Å². The molecule has 0 radical (unpaired) electrons. The van der Waals surface area contributed by atoms with E-state index < -0.39 is 0 Å². The fraction of sp³-hybridized carbons (Fsp3) is 0.0667. The molecular weight excluding hydrogens is 262 g/mol. The third-order valence-electron chi connectivity index (χ3n) is 2.71. The van der Waals surface area contributed by atoms with Gasteiger partial charge in [-0.2, -0.15) is 0 Å². The topological polar surface area (TPSA) is 46.2 Å². The van der Waals surface area contributed by atoms with Crippen molar-refractivity contribution >= 4 is 29.5 Å². The molecule has 2 aromatic carbocycles. The molecule has 0 aromatic heterocycles. The summed E-state index contributed by atoms with van der Waals surface area (Å²) in [4.78, 5) is 22.7. The molecule has 1 N–H and O–H groups in total. The third-order valence-corrected chi connectivity index (χ3v) is 3.12. The normalized spacial score (nSPS) is 10.0. The largest absolute Gasteiger partial charge is 0.322 e. The Morgan fingerprint density at radius 1 is 1.21 bits per heavy atom. The van der Waals surface area contributed by atoms with Crippen molar-refractivity contribution in [3.8, 4) is 0 Å². The van der Waals surface area contributed by atoms with Crippen LogP contribution >= 0.6 is 11.6 Å². The molecule has 4 heteroatoms. The molecule has 19 heavy (non-hydrogen) atoms. The van der Waals surface area contributed by atoms with Gasteiger partial charge >= 0.3 is 0 Å². The maximum Gasteiger partial charge on any atom is 0.255 e. The lowest BCUT2D eigenvalue weighted by Gasteiger charge is -2.07. The van der Waals surface area contributed by atoms with Gasteiger partial charge in [0.2, 0.25) is 0 Å². The molecule has 0 bridgehead atoms. The Morgan fingerprint density at radius 3 is 2.68 bits per heavy atom. The van der Waals surface area contributed by atoms with E-state index >= 15 is 0 Å². The van der Waals surface area contributed by atoms with E-state index in [9.17, 15) is 9.59 Å². The Balaban J connectivity index is 2.20. The van der Waals surface area contributed by atoms with Gasteiger partial charge in [0.25, 0.3) is 5.91 Å². The molecule has 0 aliphatic rings. The smallest absolute Gasteiger partial charge is 0.255 e. The van der Waals surface area contributed by atoms with Crippen molar-refractivity contribution in [2.24, 2.45) is 0 Å². The number of amides is 1. The van der Waals surface area contributed by atoms with Gasteiger partial charge in [-0.3, -0.25) is 9.59 Å². The first-order chi connectivity index (χ1) is 9.10. The summed E-state index contributed by atoms with van der Waals surface area (Å²) in [5.74, 6) is -0.259. The number of aldehydes is 1. The molecular formula is C15H12ClNO2. The predicted molar refractivity (Wildman–Crippen MR) is 76.0 cm³/mol. The maximum absolute atomic E-state index is 12.0. The standard InChI is InChI=1S/C15H12ClNO2/c1-10-5-6-12(8-14(10)16)15(19)17-13-4-2-3-11(7-13)9-18/h2-9H,1H3,(H,17,19). The number of rotatable bonds is 3. The first-order valence-corrected chi connectivity index (χ1v) is 6.10. The molecule has 3 nitrogen and oxygen atoms in total. The van der Waals surface area contributed by atoms with Crippen LogP contribution in [0.2, 0.25) is 5.02 Å². The van der Waals surface area contributed by atoms with Crippen molar-refractivity contribution in [1.29, 1.82) is 0 Å². The molecule has 1 amide bonds. The van der Waals surface area contributed by atoms with E-state index in [0.29, 0.717) is 21.8 Å². The van der Waals surface area contributed by atoms with Crippen LogP contribution in [0, 0.1) is 6.92 Å². The summed E-state index contributed by atoms with van der Waals surface area (Å²) < 4.78 is 0. The van der Waals surface area contributed by atoms with Crippen LogP contribution in [0.1, 0.15) is 26.3 Å². The highest BCUT2D eigenvalue weighted by Crippen LogP contribution is 2.18. The molecule has 0 heterocycles. The van der Waals surface area contributed by atoms with E-state index in [-0.39, 0.29) is 5.91 Å². The Morgan fingerprint density at radius 2 is 2.00 bits per heavy atom. The van der Waals surface area contributed by atoms with Crippen molar-refractivity contribution in [1.82, 2.24) is 0 Å². The van der Waals surface area contributed by atoms with Gasteiger partial charge in [0.15, 0.2) is 0 Å². The van der Waals surface area contributed by atoms with E-state index in [4.69, 9.17) is 11.6 Å². The predicted octanol–water partition coefficient (Wildman–Crippen LogP) is 3.71. The summed E-state index contributed by atoms with van der Waals surface area (Å²) in [6.07, 6.45) is 0.735. The molecule has 2 aromatic rings. The number of benzene rings is 2. The van der Waals surface area contributed by atoms with Gasteiger partial charge in [-0.1, -0.05) is 29.8 Å². The van der Waals surface area contributed by atoms with Gasteiger partial charge in [0.1, 0.15) is 6.29 Å². The fourth-order valence-corrected chi connectivity index (χ4v) is 1.81. The minimum absolute atomic E-state index is 0.259. The Labute approximate surface area is 116 Å².